The van der Waals surface area contributed by atoms with Crippen LogP contribution in [0.5, 0.6) is 0 Å². The predicted molar refractivity (Wildman–Crippen MR) is 38.1 cm³/mol. The molecular weight excluding hydrogens is 174 g/mol. The Bertz CT molecular complexity index is 154. The van der Waals surface area contributed by atoms with Crippen molar-refractivity contribution in [3.05, 3.63) is 35.4 Å². The Morgan fingerprint density at radius 2 is 1.00 bits per heavy atom. The third kappa shape index (κ3) is 6.06. The van der Waals surface area contributed by atoms with Gasteiger partial charge in [0.1, 0.15) is 0 Å². The van der Waals surface area contributed by atoms with Gasteiger partial charge in [-0.1, -0.05) is 35.4 Å². The van der Waals surface area contributed by atoms with Crippen LogP contribution in [0.3, 0.4) is 0 Å². The number of aryl methyl sites for hydroxylation is 2. The fourth-order valence-corrected chi connectivity index (χ4v) is 0.637. The van der Waals surface area contributed by atoms with E-state index in [1.54, 1.807) is 0 Å². The van der Waals surface area contributed by atoms with Crippen molar-refractivity contribution in [2.24, 2.45) is 0 Å². The maximum absolute atomic E-state index is 2.12. The first-order chi connectivity index (χ1) is 3.79. The largest absolute Gasteiger partial charge is 1.00 e. The van der Waals surface area contributed by atoms with Crippen molar-refractivity contribution in [2.45, 2.75) is 13.8 Å². The van der Waals surface area contributed by atoms with Crippen molar-refractivity contribution < 1.29 is 106 Å². The maximum Gasteiger partial charge on any atom is 1.00 e. The summed E-state index contributed by atoms with van der Waals surface area (Å²) in [6.07, 6.45) is 0. The molecule has 1 rings (SSSR count). The Balaban J connectivity index is -0.0000000800. The van der Waals surface area contributed by atoms with Gasteiger partial charge in [-0.05, 0) is 13.8 Å². The van der Waals surface area contributed by atoms with E-state index >= 15 is 0 Å². The molecule has 0 heterocycles. The molecule has 2 heteroatoms. The Labute approximate surface area is 151 Å². The molecule has 0 amide bonds. The minimum Gasteiger partial charge on any atom is -1.00 e. The summed E-state index contributed by atoms with van der Waals surface area (Å²) in [4.78, 5) is 0. The first-order valence-corrected chi connectivity index (χ1v) is 2.82. The van der Waals surface area contributed by atoms with Crippen LogP contribution in [0.2, 0.25) is 0 Å². The number of rotatable bonds is 0. The van der Waals surface area contributed by atoms with E-state index in [4.69, 9.17) is 0 Å². The summed E-state index contributed by atoms with van der Waals surface area (Å²) in [5.74, 6) is 0. The van der Waals surface area contributed by atoms with Crippen LogP contribution in [-0.2, 0) is 0 Å². The van der Waals surface area contributed by atoms with Gasteiger partial charge in [-0.2, -0.15) is 0 Å². The molecule has 0 spiro atoms. The van der Waals surface area contributed by atoms with Gasteiger partial charge < -0.3 is 2.85 Å². The van der Waals surface area contributed by atoms with Crippen LogP contribution in [0.25, 0.3) is 0 Å². The predicted octanol–water partition coefficient (Wildman–Crippen LogP) is -3.46. The first kappa shape index (κ1) is 15.0. The van der Waals surface area contributed by atoms with E-state index in [1.807, 2.05) is 0 Å². The fraction of sp³-hybridized carbons (Fsp3) is 0.250. The van der Waals surface area contributed by atoms with E-state index in [-0.39, 0.29) is 106 Å². The number of hydrogen-bond donors (Lipinski definition) is 0. The second kappa shape index (κ2) is 8.11. The van der Waals surface area contributed by atoms with E-state index in [0.29, 0.717) is 0 Å². The standard InChI is InChI=1S/C8H10.2K.2H/c1-7-3-5-8(2)6-4-7;;;;/h3-6H,1-2H3;;;;/q;2*+1;2*-1. The summed E-state index contributed by atoms with van der Waals surface area (Å²) in [5.41, 5.74) is 2.66. The Morgan fingerprint density at radius 1 is 0.800 bits per heavy atom. The van der Waals surface area contributed by atoms with Crippen LogP contribution in [0.15, 0.2) is 24.3 Å². The molecule has 0 N–H and O–H groups in total. The first-order valence-electron chi connectivity index (χ1n) is 2.82. The Kier molecular flexibility index (Phi) is 12.2. The summed E-state index contributed by atoms with van der Waals surface area (Å²) < 4.78 is 0. The van der Waals surface area contributed by atoms with Crippen LogP contribution >= 0.6 is 0 Å². The second-order valence-corrected chi connectivity index (χ2v) is 2.15. The molecule has 0 radical (unpaired) electrons. The smallest absolute Gasteiger partial charge is 1.00 e. The molecule has 0 aliphatic heterocycles. The van der Waals surface area contributed by atoms with Crippen molar-refractivity contribution in [3.8, 4) is 0 Å². The van der Waals surface area contributed by atoms with Crippen molar-refractivity contribution in [1.29, 1.82) is 0 Å². The Morgan fingerprint density at radius 3 is 1.20 bits per heavy atom. The van der Waals surface area contributed by atoms with Crippen LogP contribution < -0.4 is 103 Å². The van der Waals surface area contributed by atoms with Gasteiger partial charge in [0.15, 0.2) is 0 Å². The molecule has 0 unspecified atom stereocenters. The average molecular weight is 186 g/mol. The van der Waals surface area contributed by atoms with E-state index in [0.717, 1.165) is 0 Å². The molecule has 0 aliphatic rings. The van der Waals surface area contributed by atoms with Gasteiger partial charge in [-0.3, -0.25) is 0 Å². The van der Waals surface area contributed by atoms with Crippen LogP contribution in [0.1, 0.15) is 14.0 Å². The third-order valence-electron chi connectivity index (χ3n) is 1.22. The summed E-state index contributed by atoms with van der Waals surface area (Å²) >= 11 is 0. The molecule has 0 nitrogen and oxygen atoms in total. The molecule has 0 bridgehead atoms. The average Bonchev–Trinajstić information content (AvgIpc) is 1.77. The van der Waals surface area contributed by atoms with Gasteiger partial charge in [0, 0.05) is 0 Å². The zero-order valence-corrected chi connectivity index (χ0v) is 13.6. The number of benzene rings is 1. The van der Waals surface area contributed by atoms with Crippen LogP contribution in [0.4, 0.5) is 0 Å². The molecular formula is C8H12K2. The van der Waals surface area contributed by atoms with E-state index in [1.165, 1.54) is 11.1 Å². The summed E-state index contributed by atoms with van der Waals surface area (Å²) in [5, 5.41) is 0. The van der Waals surface area contributed by atoms with Gasteiger partial charge in [0.05, 0.1) is 0 Å². The quantitative estimate of drug-likeness (QED) is 0.370. The monoisotopic (exact) mass is 186 g/mol. The van der Waals surface area contributed by atoms with Crippen LogP contribution in [-0.4, -0.2) is 0 Å². The molecule has 1 aromatic carbocycles. The number of hydrogen-bond acceptors (Lipinski definition) is 0. The maximum atomic E-state index is 2.12. The van der Waals surface area contributed by atoms with Crippen molar-refractivity contribution in [2.75, 3.05) is 0 Å². The molecule has 0 fully saturated rings. The molecule has 10 heavy (non-hydrogen) atoms. The van der Waals surface area contributed by atoms with Gasteiger partial charge >= 0.3 is 103 Å². The van der Waals surface area contributed by atoms with Gasteiger partial charge in [0.2, 0.25) is 0 Å². The molecule has 0 atom stereocenters. The van der Waals surface area contributed by atoms with Gasteiger partial charge in [-0.15, -0.1) is 0 Å². The molecule has 0 saturated carbocycles. The zero-order valence-electron chi connectivity index (χ0n) is 9.31. The summed E-state index contributed by atoms with van der Waals surface area (Å²) in [6, 6.07) is 8.48. The topological polar surface area (TPSA) is 0 Å². The van der Waals surface area contributed by atoms with Gasteiger partial charge in [-0.25, -0.2) is 0 Å². The SMILES string of the molecule is Cc1ccc(C)cc1.[H-].[H-].[K+].[K+]. The second-order valence-electron chi connectivity index (χ2n) is 2.15. The fourth-order valence-electron chi connectivity index (χ4n) is 0.637. The molecule has 0 saturated heterocycles. The van der Waals surface area contributed by atoms with E-state index < -0.39 is 0 Å². The van der Waals surface area contributed by atoms with Crippen molar-refractivity contribution >= 4 is 0 Å². The molecule has 0 aromatic heterocycles. The van der Waals surface area contributed by atoms with Crippen molar-refractivity contribution in [1.82, 2.24) is 0 Å². The minimum atomic E-state index is 0. The van der Waals surface area contributed by atoms with Crippen molar-refractivity contribution in [3.63, 3.8) is 0 Å². The molecule has 46 valence electrons. The Hall–Kier alpha value is 2.49. The third-order valence-corrected chi connectivity index (χ3v) is 1.22. The molecule has 1 aromatic rings. The zero-order chi connectivity index (χ0) is 5.98. The summed E-state index contributed by atoms with van der Waals surface area (Å²) in [6.45, 7) is 4.19. The van der Waals surface area contributed by atoms with E-state index in [2.05, 4.69) is 38.1 Å². The van der Waals surface area contributed by atoms with E-state index in [9.17, 15) is 0 Å². The normalized spacial score (nSPS) is 7.40. The van der Waals surface area contributed by atoms with Gasteiger partial charge in [0.25, 0.3) is 0 Å². The minimum absolute atomic E-state index is 0. The molecule has 0 aliphatic carbocycles. The van der Waals surface area contributed by atoms with Crippen LogP contribution in [0, 0.1) is 13.8 Å². The summed E-state index contributed by atoms with van der Waals surface area (Å²) in [7, 11) is 0.